The molecule has 0 saturated heterocycles. The molecule has 2 atom stereocenters. The van der Waals surface area contributed by atoms with Crippen molar-refractivity contribution in [3.05, 3.63) is 23.8 Å². The first-order valence-corrected chi connectivity index (χ1v) is 4.13. The molecule has 0 heterocycles. The van der Waals surface area contributed by atoms with E-state index < -0.39 is 12.2 Å². The van der Waals surface area contributed by atoms with Gasteiger partial charge in [-0.15, -0.1) is 0 Å². The summed E-state index contributed by atoms with van der Waals surface area (Å²) in [5.41, 5.74) is 1.58. The molecule has 0 aliphatic rings. The molecule has 2 unspecified atom stereocenters. The van der Waals surface area contributed by atoms with E-state index in [2.05, 4.69) is 6.58 Å². The van der Waals surface area contributed by atoms with E-state index in [1.165, 1.54) is 0 Å². The van der Waals surface area contributed by atoms with Gasteiger partial charge in [0.2, 0.25) is 0 Å². The van der Waals surface area contributed by atoms with Crippen LogP contribution in [0.25, 0.3) is 0 Å². The zero-order chi connectivity index (χ0) is 9.72. The second-order valence-corrected chi connectivity index (χ2v) is 3.15. The fraction of sp³-hybridized carbons (Fsp3) is 0.600. The minimum absolute atomic E-state index is 0.339. The molecule has 2 nitrogen and oxygen atoms in total. The molecule has 0 aromatic carbocycles. The number of allylic oxidation sites excluding steroid dienone is 1. The smallest absolute Gasteiger partial charge is 0.0775 e. The van der Waals surface area contributed by atoms with Crippen LogP contribution in [0.2, 0.25) is 0 Å². The van der Waals surface area contributed by atoms with Gasteiger partial charge in [-0.25, -0.2) is 0 Å². The zero-order valence-electron chi connectivity index (χ0n) is 8.04. The van der Waals surface area contributed by atoms with Crippen LogP contribution < -0.4 is 0 Å². The third-order valence-corrected chi connectivity index (χ3v) is 2.00. The Labute approximate surface area is 74.2 Å². The Bertz CT molecular complexity index is 182. The third-order valence-electron chi connectivity index (χ3n) is 2.00. The van der Waals surface area contributed by atoms with Gasteiger partial charge < -0.3 is 10.2 Å². The van der Waals surface area contributed by atoms with Crippen LogP contribution in [0.3, 0.4) is 0 Å². The Balaban J connectivity index is 4.00. The lowest BCUT2D eigenvalue weighted by Crippen LogP contribution is -2.19. The van der Waals surface area contributed by atoms with Gasteiger partial charge in [-0.1, -0.05) is 18.2 Å². The molecule has 0 radical (unpaired) electrons. The highest BCUT2D eigenvalue weighted by molar-refractivity contribution is 5.06. The van der Waals surface area contributed by atoms with Gasteiger partial charge in [0.1, 0.15) is 0 Å². The molecule has 0 fully saturated rings. The van der Waals surface area contributed by atoms with Gasteiger partial charge in [0, 0.05) is 6.42 Å². The van der Waals surface area contributed by atoms with Crippen LogP contribution in [0.4, 0.5) is 0 Å². The average Bonchev–Trinajstić information content (AvgIpc) is 2.02. The first-order valence-electron chi connectivity index (χ1n) is 4.13. The molecule has 0 rings (SSSR count). The highest BCUT2D eigenvalue weighted by atomic mass is 16.3. The van der Waals surface area contributed by atoms with Crippen LogP contribution in [0.5, 0.6) is 0 Å². The molecule has 0 spiro atoms. The van der Waals surface area contributed by atoms with Gasteiger partial charge >= 0.3 is 0 Å². The number of rotatable bonds is 4. The first-order chi connectivity index (χ1) is 5.49. The maximum Gasteiger partial charge on any atom is 0.0775 e. The number of aliphatic hydroxyl groups is 2. The lowest BCUT2D eigenvalue weighted by molar-refractivity contribution is 0.120. The van der Waals surface area contributed by atoms with Crippen molar-refractivity contribution in [2.75, 3.05) is 0 Å². The molecule has 12 heavy (non-hydrogen) atoms. The molecule has 2 N–H and O–H groups in total. The Hall–Kier alpha value is -0.600. The van der Waals surface area contributed by atoms with Crippen molar-refractivity contribution in [3.63, 3.8) is 0 Å². The molecule has 0 amide bonds. The van der Waals surface area contributed by atoms with E-state index in [0.29, 0.717) is 12.0 Å². The second kappa shape index (κ2) is 5.12. The number of aliphatic hydroxyl groups excluding tert-OH is 2. The minimum atomic E-state index is -0.602. The summed E-state index contributed by atoms with van der Waals surface area (Å²) in [6, 6.07) is 0. The predicted octanol–water partition coefficient (Wildman–Crippen LogP) is 1.64. The Morgan fingerprint density at radius 2 is 1.83 bits per heavy atom. The number of hydrogen-bond donors (Lipinski definition) is 2. The topological polar surface area (TPSA) is 40.5 Å². The molecule has 0 aromatic rings. The normalized spacial score (nSPS) is 17.2. The quantitative estimate of drug-likeness (QED) is 0.630. The van der Waals surface area contributed by atoms with E-state index in [-0.39, 0.29) is 0 Å². The standard InChI is InChI=1S/C10H18O2/c1-5-8(4)10(12)6-9(11)7(2)3/h5,9-12H,2,6H2,1,3-4H3. The maximum atomic E-state index is 9.47. The summed E-state index contributed by atoms with van der Waals surface area (Å²) in [6.45, 7) is 9.07. The van der Waals surface area contributed by atoms with E-state index >= 15 is 0 Å². The van der Waals surface area contributed by atoms with Crippen molar-refractivity contribution in [2.45, 2.75) is 39.4 Å². The fourth-order valence-electron chi connectivity index (χ4n) is 0.791. The molecule has 0 aliphatic carbocycles. The summed E-state index contributed by atoms with van der Waals surface area (Å²) in [5.74, 6) is 0. The van der Waals surface area contributed by atoms with Crippen molar-refractivity contribution >= 4 is 0 Å². The summed E-state index contributed by atoms with van der Waals surface area (Å²) in [7, 11) is 0. The molecule has 70 valence electrons. The van der Waals surface area contributed by atoms with Crippen molar-refractivity contribution in [3.8, 4) is 0 Å². The van der Waals surface area contributed by atoms with Gasteiger partial charge in [-0.3, -0.25) is 0 Å². The van der Waals surface area contributed by atoms with Crippen molar-refractivity contribution in [2.24, 2.45) is 0 Å². The molecule has 0 aliphatic heterocycles. The molecule has 0 bridgehead atoms. The molecular weight excluding hydrogens is 152 g/mol. The van der Waals surface area contributed by atoms with Crippen LogP contribution >= 0.6 is 0 Å². The van der Waals surface area contributed by atoms with Gasteiger partial charge in [-0.05, 0) is 26.3 Å². The van der Waals surface area contributed by atoms with E-state index in [1.807, 2.05) is 19.9 Å². The fourth-order valence-corrected chi connectivity index (χ4v) is 0.791. The highest BCUT2D eigenvalue weighted by Crippen LogP contribution is 2.11. The van der Waals surface area contributed by atoms with Gasteiger partial charge in [-0.2, -0.15) is 0 Å². The zero-order valence-corrected chi connectivity index (χ0v) is 8.04. The molecule has 0 saturated carbocycles. The highest BCUT2D eigenvalue weighted by Gasteiger charge is 2.12. The van der Waals surface area contributed by atoms with Gasteiger partial charge in [0.25, 0.3) is 0 Å². The van der Waals surface area contributed by atoms with Crippen LogP contribution in [-0.2, 0) is 0 Å². The molecular formula is C10H18O2. The van der Waals surface area contributed by atoms with Crippen LogP contribution in [0.1, 0.15) is 27.2 Å². The van der Waals surface area contributed by atoms with E-state index in [0.717, 1.165) is 5.57 Å². The summed E-state index contributed by atoms with van der Waals surface area (Å²) in [6.07, 6.45) is 1.03. The van der Waals surface area contributed by atoms with Crippen LogP contribution in [-0.4, -0.2) is 22.4 Å². The Morgan fingerprint density at radius 1 is 1.33 bits per heavy atom. The van der Waals surface area contributed by atoms with Crippen molar-refractivity contribution in [1.82, 2.24) is 0 Å². The number of hydrogen-bond acceptors (Lipinski definition) is 2. The summed E-state index contributed by atoms with van der Waals surface area (Å²) in [5, 5.41) is 18.8. The molecule has 2 heteroatoms. The van der Waals surface area contributed by atoms with Crippen molar-refractivity contribution in [1.29, 1.82) is 0 Å². The monoisotopic (exact) mass is 170 g/mol. The molecule has 0 aromatic heterocycles. The van der Waals surface area contributed by atoms with Gasteiger partial charge in [0.05, 0.1) is 12.2 Å². The van der Waals surface area contributed by atoms with Crippen LogP contribution in [0.15, 0.2) is 23.8 Å². The van der Waals surface area contributed by atoms with Crippen molar-refractivity contribution < 1.29 is 10.2 Å². The SMILES string of the molecule is C=C(C)C(O)CC(O)C(C)=CC. The summed E-state index contributed by atoms with van der Waals surface area (Å²) in [4.78, 5) is 0. The largest absolute Gasteiger partial charge is 0.389 e. The van der Waals surface area contributed by atoms with E-state index in [4.69, 9.17) is 0 Å². The first kappa shape index (κ1) is 11.4. The average molecular weight is 170 g/mol. The van der Waals surface area contributed by atoms with Gasteiger partial charge in [0.15, 0.2) is 0 Å². The summed E-state index contributed by atoms with van der Waals surface area (Å²) < 4.78 is 0. The Kier molecular flexibility index (Phi) is 4.86. The lowest BCUT2D eigenvalue weighted by atomic mass is 10.0. The maximum absolute atomic E-state index is 9.47. The lowest BCUT2D eigenvalue weighted by Gasteiger charge is -2.15. The third kappa shape index (κ3) is 3.69. The minimum Gasteiger partial charge on any atom is -0.389 e. The summed E-state index contributed by atoms with van der Waals surface area (Å²) >= 11 is 0. The second-order valence-electron chi connectivity index (χ2n) is 3.15. The van der Waals surface area contributed by atoms with E-state index in [9.17, 15) is 10.2 Å². The van der Waals surface area contributed by atoms with Crippen LogP contribution in [0, 0.1) is 0 Å². The predicted molar refractivity (Wildman–Crippen MR) is 50.9 cm³/mol. The Morgan fingerprint density at radius 3 is 2.17 bits per heavy atom. The van der Waals surface area contributed by atoms with E-state index in [1.54, 1.807) is 6.92 Å².